The summed E-state index contributed by atoms with van der Waals surface area (Å²) in [6.45, 7) is 3.95. The molecule has 2 aromatic rings. The molecule has 4 heteroatoms. The summed E-state index contributed by atoms with van der Waals surface area (Å²) in [6, 6.07) is 17.8. The second kappa shape index (κ2) is 8.54. The number of amides is 2. The van der Waals surface area contributed by atoms with Crippen molar-refractivity contribution in [1.29, 1.82) is 0 Å². The number of rotatable bonds is 7. The molecule has 0 aliphatic carbocycles. The summed E-state index contributed by atoms with van der Waals surface area (Å²) in [7, 11) is 0. The average Bonchev–Trinajstić information content (AvgIpc) is 2.60. The highest BCUT2D eigenvalue weighted by atomic mass is 16.2. The molecular weight excluding hydrogens is 288 g/mol. The van der Waals surface area contributed by atoms with Gasteiger partial charge in [0.15, 0.2) is 0 Å². The molecule has 23 heavy (non-hydrogen) atoms. The highest BCUT2D eigenvalue weighted by molar-refractivity contribution is 5.97. The Labute approximate surface area is 136 Å². The zero-order valence-corrected chi connectivity index (χ0v) is 12.9. The van der Waals surface area contributed by atoms with Crippen molar-refractivity contribution in [2.75, 3.05) is 6.54 Å². The quantitative estimate of drug-likeness (QED) is 0.771. The number of carbonyl (C=O) groups is 2. The Hall–Kier alpha value is -2.88. The van der Waals surface area contributed by atoms with Crippen LogP contribution in [0, 0.1) is 0 Å². The number of benzene rings is 2. The van der Waals surface area contributed by atoms with Gasteiger partial charge in [-0.15, -0.1) is 6.58 Å². The van der Waals surface area contributed by atoms with E-state index in [1.807, 2.05) is 36.4 Å². The van der Waals surface area contributed by atoms with Crippen molar-refractivity contribution in [3.63, 3.8) is 0 Å². The second-order valence-electron chi connectivity index (χ2n) is 5.12. The Morgan fingerprint density at radius 3 is 2.22 bits per heavy atom. The van der Waals surface area contributed by atoms with Crippen molar-refractivity contribution < 1.29 is 9.59 Å². The minimum absolute atomic E-state index is 0.224. The Bertz CT molecular complexity index is 654. The predicted molar refractivity (Wildman–Crippen MR) is 91.0 cm³/mol. The van der Waals surface area contributed by atoms with Crippen LogP contribution in [-0.4, -0.2) is 24.4 Å². The molecule has 118 valence electrons. The Morgan fingerprint density at radius 2 is 1.61 bits per heavy atom. The summed E-state index contributed by atoms with van der Waals surface area (Å²) >= 11 is 0. The first-order valence-electron chi connectivity index (χ1n) is 7.49. The molecule has 2 amide bonds. The molecule has 4 nitrogen and oxygen atoms in total. The van der Waals surface area contributed by atoms with Gasteiger partial charge in [-0.1, -0.05) is 54.6 Å². The first-order valence-corrected chi connectivity index (χ1v) is 7.49. The van der Waals surface area contributed by atoms with E-state index in [1.165, 1.54) is 0 Å². The van der Waals surface area contributed by atoms with Crippen molar-refractivity contribution in [1.82, 2.24) is 10.6 Å². The van der Waals surface area contributed by atoms with E-state index in [-0.39, 0.29) is 11.8 Å². The second-order valence-corrected chi connectivity index (χ2v) is 5.12. The van der Waals surface area contributed by atoms with Gasteiger partial charge in [-0.05, 0) is 17.7 Å². The van der Waals surface area contributed by atoms with Crippen molar-refractivity contribution in [2.45, 2.75) is 12.5 Å². The van der Waals surface area contributed by atoms with Crippen LogP contribution in [0.5, 0.6) is 0 Å². The maximum Gasteiger partial charge on any atom is 0.251 e. The predicted octanol–water partition coefficient (Wildman–Crippen LogP) is 2.33. The van der Waals surface area contributed by atoms with E-state index in [0.29, 0.717) is 18.5 Å². The molecule has 0 heterocycles. The van der Waals surface area contributed by atoms with E-state index in [0.717, 1.165) is 5.56 Å². The van der Waals surface area contributed by atoms with Crippen LogP contribution in [-0.2, 0) is 11.2 Å². The molecule has 1 atom stereocenters. The molecular formula is C19H20N2O2. The van der Waals surface area contributed by atoms with Crippen LogP contribution >= 0.6 is 0 Å². The summed E-state index contributed by atoms with van der Waals surface area (Å²) in [6.07, 6.45) is 2.04. The van der Waals surface area contributed by atoms with E-state index in [1.54, 1.807) is 30.3 Å². The van der Waals surface area contributed by atoms with Crippen LogP contribution in [0.2, 0.25) is 0 Å². The zero-order chi connectivity index (χ0) is 16.5. The fourth-order valence-electron chi connectivity index (χ4n) is 2.19. The minimum Gasteiger partial charge on any atom is -0.351 e. The number of nitrogens with one attached hydrogen (secondary N) is 2. The van der Waals surface area contributed by atoms with E-state index < -0.39 is 6.04 Å². The van der Waals surface area contributed by atoms with Gasteiger partial charge in [0.05, 0.1) is 0 Å². The van der Waals surface area contributed by atoms with Gasteiger partial charge in [-0.3, -0.25) is 9.59 Å². The topological polar surface area (TPSA) is 58.2 Å². The highest BCUT2D eigenvalue weighted by Gasteiger charge is 2.21. The van der Waals surface area contributed by atoms with E-state index >= 15 is 0 Å². The summed E-state index contributed by atoms with van der Waals surface area (Å²) in [4.78, 5) is 24.6. The van der Waals surface area contributed by atoms with Gasteiger partial charge >= 0.3 is 0 Å². The SMILES string of the molecule is C=CCNC(=O)[C@H](Cc1ccccc1)NC(=O)c1ccccc1. The molecule has 2 N–H and O–H groups in total. The Kier molecular flexibility index (Phi) is 6.12. The Morgan fingerprint density at radius 1 is 1.00 bits per heavy atom. The first-order chi connectivity index (χ1) is 11.2. The fraction of sp³-hybridized carbons (Fsp3) is 0.158. The molecule has 0 radical (unpaired) electrons. The van der Waals surface area contributed by atoms with Crippen LogP contribution in [0.4, 0.5) is 0 Å². The lowest BCUT2D eigenvalue weighted by molar-refractivity contribution is -0.122. The normalized spacial score (nSPS) is 11.3. The summed E-state index contributed by atoms with van der Waals surface area (Å²) in [5.41, 5.74) is 1.52. The number of hydrogen-bond donors (Lipinski definition) is 2. The molecule has 2 rings (SSSR count). The van der Waals surface area contributed by atoms with Gasteiger partial charge in [0.25, 0.3) is 5.91 Å². The Balaban J connectivity index is 2.11. The van der Waals surface area contributed by atoms with Gasteiger partial charge < -0.3 is 10.6 Å². The molecule has 0 saturated carbocycles. The third-order valence-electron chi connectivity index (χ3n) is 3.36. The van der Waals surface area contributed by atoms with Crippen LogP contribution in [0.1, 0.15) is 15.9 Å². The molecule has 0 fully saturated rings. The van der Waals surface area contributed by atoms with Crippen molar-refractivity contribution in [3.05, 3.63) is 84.4 Å². The molecule has 0 bridgehead atoms. The van der Waals surface area contributed by atoms with Crippen molar-refractivity contribution in [3.8, 4) is 0 Å². The molecule has 0 aliphatic rings. The van der Waals surface area contributed by atoms with Gasteiger partial charge in [-0.2, -0.15) is 0 Å². The zero-order valence-electron chi connectivity index (χ0n) is 12.9. The average molecular weight is 308 g/mol. The van der Waals surface area contributed by atoms with E-state index in [2.05, 4.69) is 17.2 Å². The van der Waals surface area contributed by atoms with Crippen LogP contribution in [0.15, 0.2) is 73.3 Å². The fourth-order valence-corrected chi connectivity index (χ4v) is 2.19. The lowest BCUT2D eigenvalue weighted by atomic mass is 10.0. The van der Waals surface area contributed by atoms with Gasteiger partial charge in [-0.25, -0.2) is 0 Å². The molecule has 0 spiro atoms. The third-order valence-corrected chi connectivity index (χ3v) is 3.36. The van der Waals surface area contributed by atoms with Crippen LogP contribution < -0.4 is 10.6 Å². The molecule has 0 aromatic heterocycles. The van der Waals surface area contributed by atoms with E-state index in [9.17, 15) is 9.59 Å². The summed E-state index contributed by atoms with van der Waals surface area (Å²) < 4.78 is 0. The third kappa shape index (κ3) is 5.11. The molecule has 2 aromatic carbocycles. The maximum atomic E-state index is 12.3. The number of carbonyl (C=O) groups excluding carboxylic acids is 2. The monoisotopic (exact) mass is 308 g/mol. The lowest BCUT2D eigenvalue weighted by Gasteiger charge is -2.18. The van der Waals surface area contributed by atoms with Crippen molar-refractivity contribution in [2.24, 2.45) is 0 Å². The lowest BCUT2D eigenvalue weighted by Crippen LogP contribution is -2.48. The number of hydrogen-bond acceptors (Lipinski definition) is 2. The van der Waals surface area contributed by atoms with Crippen LogP contribution in [0.3, 0.4) is 0 Å². The summed E-state index contributed by atoms with van der Waals surface area (Å²) in [5.74, 6) is -0.488. The van der Waals surface area contributed by atoms with Crippen LogP contribution in [0.25, 0.3) is 0 Å². The largest absolute Gasteiger partial charge is 0.351 e. The van der Waals surface area contributed by atoms with Crippen molar-refractivity contribution >= 4 is 11.8 Å². The first kappa shape index (κ1) is 16.5. The highest BCUT2D eigenvalue weighted by Crippen LogP contribution is 2.05. The molecule has 0 unspecified atom stereocenters. The standard InChI is InChI=1S/C19H20N2O2/c1-2-13-20-19(23)17(14-15-9-5-3-6-10-15)21-18(22)16-11-7-4-8-12-16/h2-12,17H,1,13-14H2,(H,20,23)(H,21,22)/t17-/m0/s1. The van der Waals surface area contributed by atoms with Gasteiger partial charge in [0, 0.05) is 18.5 Å². The smallest absolute Gasteiger partial charge is 0.251 e. The minimum atomic E-state index is -0.634. The van der Waals surface area contributed by atoms with Gasteiger partial charge in [0.2, 0.25) is 5.91 Å². The van der Waals surface area contributed by atoms with Gasteiger partial charge in [0.1, 0.15) is 6.04 Å². The maximum absolute atomic E-state index is 12.3. The summed E-state index contributed by atoms with van der Waals surface area (Å²) in [5, 5.41) is 5.54. The molecule has 0 saturated heterocycles. The molecule has 0 aliphatic heterocycles. The van der Waals surface area contributed by atoms with E-state index in [4.69, 9.17) is 0 Å².